The van der Waals surface area contributed by atoms with Crippen LogP contribution < -0.4 is 5.73 Å². The molecule has 1 amide bonds. The van der Waals surface area contributed by atoms with Crippen LogP contribution in [0.5, 0.6) is 0 Å². The van der Waals surface area contributed by atoms with Gasteiger partial charge in [-0.05, 0) is 50.9 Å². The highest BCUT2D eigenvalue weighted by molar-refractivity contribution is 5.65. The van der Waals surface area contributed by atoms with E-state index >= 15 is 0 Å². The third-order valence-corrected chi connectivity index (χ3v) is 4.78. The maximum atomic E-state index is 10.9. The Morgan fingerprint density at radius 1 is 1.32 bits per heavy atom. The number of primary amides is 1. The van der Waals surface area contributed by atoms with Crippen molar-refractivity contribution in [3.05, 3.63) is 0 Å². The van der Waals surface area contributed by atoms with Gasteiger partial charge in [0.15, 0.2) is 0 Å². The Kier molecular flexibility index (Phi) is 6.11. The topological polar surface area (TPSA) is 72.6 Å². The van der Waals surface area contributed by atoms with Crippen LogP contribution in [0.1, 0.15) is 59.3 Å². The van der Waals surface area contributed by atoms with Crippen molar-refractivity contribution in [1.29, 1.82) is 0 Å². The van der Waals surface area contributed by atoms with E-state index in [0.717, 1.165) is 25.2 Å². The van der Waals surface area contributed by atoms with E-state index in [2.05, 4.69) is 6.92 Å². The van der Waals surface area contributed by atoms with Gasteiger partial charge >= 0.3 is 6.09 Å². The van der Waals surface area contributed by atoms with Gasteiger partial charge in [0.05, 0.1) is 0 Å². The molecular weight excluding hydrogens is 242 g/mol. The lowest BCUT2D eigenvalue weighted by atomic mass is 9.78. The van der Waals surface area contributed by atoms with Gasteiger partial charge in [-0.3, -0.25) is 0 Å². The maximum absolute atomic E-state index is 10.9. The van der Waals surface area contributed by atoms with Crippen molar-refractivity contribution in [3.63, 3.8) is 0 Å². The van der Waals surface area contributed by atoms with Crippen LogP contribution in [-0.2, 0) is 4.74 Å². The second kappa shape index (κ2) is 7.13. The molecule has 1 aliphatic rings. The van der Waals surface area contributed by atoms with E-state index in [1.807, 2.05) is 13.8 Å². The largest absolute Gasteiger partial charge is 0.443 e. The zero-order valence-electron chi connectivity index (χ0n) is 12.5. The predicted octanol–water partition coefficient (Wildman–Crippen LogP) is 3.08. The molecule has 0 aromatic carbocycles. The van der Waals surface area contributed by atoms with Gasteiger partial charge < -0.3 is 15.6 Å². The van der Waals surface area contributed by atoms with Crippen LogP contribution in [0, 0.1) is 17.8 Å². The second-order valence-corrected chi connectivity index (χ2v) is 6.57. The molecule has 4 nitrogen and oxygen atoms in total. The van der Waals surface area contributed by atoms with Gasteiger partial charge in [-0.25, -0.2) is 4.79 Å². The number of ether oxygens (including phenoxy) is 1. The maximum Gasteiger partial charge on any atom is 0.405 e. The Labute approximate surface area is 116 Å². The van der Waals surface area contributed by atoms with Crippen molar-refractivity contribution in [1.82, 2.24) is 0 Å². The molecule has 19 heavy (non-hydrogen) atoms. The third-order valence-electron chi connectivity index (χ3n) is 4.78. The number of amides is 1. The first kappa shape index (κ1) is 16.3. The minimum absolute atomic E-state index is 0.301. The summed E-state index contributed by atoms with van der Waals surface area (Å²) in [6.45, 7) is 6.29. The van der Waals surface area contributed by atoms with Crippen LogP contribution in [-0.4, -0.2) is 23.4 Å². The Morgan fingerprint density at radius 2 is 1.84 bits per heavy atom. The summed E-state index contributed by atoms with van der Waals surface area (Å²) < 4.78 is 5.18. The minimum Gasteiger partial charge on any atom is -0.443 e. The first-order valence-electron chi connectivity index (χ1n) is 7.44. The van der Waals surface area contributed by atoms with Crippen LogP contribution in [0.3, 0.4) is 0 Å². The van der Waals surface area contributed by atoms with E-state index in [4.69, 9.17) is 15.6 Å². The van der Waals surface area contributed by atoms with Crippen LogP contribution >= 0.6 is 0 Å². The van der Waals surface area contributed by atoms with Gasteiger partial charge in [-0.1, -0.05) is 26.2 Å². The quantitative estimate of drug-likeness (QED) is 0.779. The molecule has 0 radical (unpaired) electrons. The fourth-order valence-corrected chi connectivity index (χ4v) is 2.90. The standard InChI is InChI=1S/C15H29NO3/c1-11(15(2,3)19-14(16)18)4-5-12-6-8-13(10-17)9-7-12/h11-13,17H,4-10H2,1-3H3,(H2,16,18). The number of aliphatic hydroxyl groups excluding tert-OH is 1. The van der Waals surface area contributed by atoms with Gasteiger partial charge in [-0.2, -0.15) is 0 Å². The molecule has 0 aromatic heterocycles. The molecule has 1 rings (SSSR count). The Balaban J connectivity index is 2.30. The van der Waals surface area contributed by atoms with Crippen LogP contribution in [0.15, 0.2) is 0 Å². The van der Waals surface area contributed by atoms with Gasteiger partial charge in [0, 0.05) is 6.61 Å². The smallest absolute Gasteiger partial charge is 0.405 e. The molecule has 0 heterocycles. The van der Waals surface area contributed by atoms with Gasteiger partial charge in [0.1, 0.15) is 5.60 Å². The highest BCUT2D eigenvalue weighted by Gasteiger charge is 2.30. The lowest BCUT2D eigenvalue weighted by molar-refractivity contribution is -0.000697. The molecule has 1 atom stereocenters. The SMILES string of the molecule is CC(CCC1CCC(CO)CC1)C(C)(C)OC(N)=O. The Hall–Kier alpha value is -0.770. The molecule has 1 unspecified atom stereocenters. The molecule has 0 aliphatic heterocycles. The van der Waals surface area contributed by atoms with Crippen molar-refractivity contribution in [2.24, 2.45) is 23.5 Å². The van der Waals surface area contributed by atoms with Gasteiger partial charge in [0.2, 0.25) is 0 Å². The molecule has 0 bridgehead atoms. The summed E-state index contributed by atoms with van der Waals surface area (Å²) >= 11 is 0. The minimum atomic E-state index is -0.694. The molecule has 1 fully saturated rings. The molecule has 3 N–H and O–H groups in total. The lowest BCUT2D eigenvalue weighted by Crippen LogP contribution is -2.37. The fourth-order valence-electron chi connectivity index (χ4n) is 2.90. The zero-order valence-corrected chi connectivity index (χ0v) is 12.5. The van der Waals surface area contributed by atoms with Crippen LogP contribution in [0.4, 0.5) is 4.79 Å². The van der Waals surface area contributed by atoms with Crippen molar-refractivity contribution < 1.29 is 14.6 Å². The molecular formula is C15H29NO3. The number of rotatable bonds is 6. The summed E-state index contributed by atoms with van der Waals surface area (Å²) in [5.74, 6) is 1.58. The summed E-state index contributed by atoms with van der Waals surface area (Å²) in [7, 11) is 0. The van der Waals surface area contributed by atoms with Gasteiger partial charge in [-0.15, -0.1) is 0 Å². The zero-order chi connectivity index (χ0) is 14.5. The van der Waals surface area contributed by atoms with E-state index in [-0.39, 0.29) is 0 Å². The Morgan fingerprint density at radius 3 is 2.32 bits per heavy atom. The summed E-state index contributed by atoms with van der Waals surface area (Å²) in [5, 5.41) is 9.13. The molecule has 0 spiro atoms. The number of hydrogen-bond donors (Lipinski definition) is 2. The summed E-state index contributed by atoms with van der Waals surface area (Å²) in [6, 6.07) is 0. The van der Waals surface area contributed by atoms with Crippen molar-refractivity contribution in [2.75, 3.05) is 6.61 Å². The molecule has 0 saturated heterocycles. The van der Waals surface area contributed by atoms with Crippen LogP contribution in [0.2, 0.25) is 0 Å². The Bertz CT molecular complexity index is 283. The lowest BCUT2D eigenvalue weighted by Gasteiger charge is -2.33. The number of hydrogen-bond acceptors (Lipinski definition) is 3. The van der Waals surface area contributed by atoms with Gasteiger partial charge in [0.25, 0.3) is 0 Å². The van der Waals surface area contributed by atoms with Crippen molar-refractivity contribution in [3.8, 4) is 0 Å². The molecule has 112 valence electrons. The number of carbonyl (C=O) groups excluding carboxylic acids is 1. The van der Waals surface area contributed by atoms with E-state index < -0.39 is 11.7 Å². The second-order valence-electron chi connectivity index (χ2n) is 6.57. The highest BCUT2D eigenvalue weighted by Crippen LogP contribution is 2.34. The average Bonchev–Trinajstić information content (AvgIpc) is 2.35. The third kappa shape index (κ3) is 5.39. The van der Waals surface area contributed by atoms with E-state index in [9.17, 15) is 4.79 Å². The highest BCUT2D eigenvalue weighted by atomic mass is 16.6. The summed E-state index contributed by atoms with van der Waals surface area (Å²) in [6.07, 6.45) is 6.26. The van der Waals surface area contributed by atoms with Crippen LogP contribution in [0.25, 0.3) is 0 Å². The van der Waals surface area contributed by atoms with E-state index in [1.54, 1.807) is 0 Å². The predicted molar refractivity (Wildman–Crippen MR) is 75.7 cm³/mol. The number of aliphatic hydroxyl groups is 1. The molecule has 1 saturated carbocycles. The average molecular weight is 271 g/mol. The number of carbonyl (C=O) groups is 1. The fraction of sp³-hybridized carbons (Fsp3) is 0.933. The van der Waals surface area contributed by atoms with Crippen molar-refractivity contribution in [2.45, 2.75) is 64.9 Å². The normalized spacial score (nSPS) is 25.9. The van der Waals surface area contributed by atoms with E-state index in [1.165, 1.54) is 19.3 Å². The summed E-state index contributed by atoms with van der Waals surface area (Å²) in [5.41, 5.74) is 4.61. The monoisotopic (exact) mass is 271 g/mol. The first-order chi connectivity index (χ1) is 8.85. The molecule has 4 heteroatoms. The first-order valence-corrected chi connectivity index (χ1v) is 7.44. The molecule has 0 aromatic rings. The van der Waals surface area contributed by atoms with Crippen molar-refractivity contribution >= 4 is 6.09 Å². The number of nitrogens with two attached hydrogens (primary N) is 1. The van der Waals surface area contributed by atoms with E-state index in [0.29, 0.717) is 18.4 Å². The summed E-state index contributed by atoms with van der Waals surface area (Å²) in [4.78, 5) is 10.9. The molecule has 1 aliphatic carbocycles.